The fourth-order valence-corrected chi connectivity index (χ4v) is 4.37. The average Bonchev–Trinajstić information content (AvgIpc) is 3.02. The zero-order valence-electron chi connectivity index (χ0n) is 16.3. The van der Waals surface area contributed by atoms with E-state index in [9.17, 15) is 14.9 Å². The standard InChI is InChI=1S/C20H25N3O4S/c1-13-10-22(11-14(2)27-13)12-17-6-4-16(5-7-17)9-21-20(24)19-8-18(23(25)26)15(3)28-19/h4-8,13-14H,9-12H2,1-3H3,(H,21,24)/t13-,14+. The van der Waals surface area contributed by atoms with Crippen LogP contribution in [0, 0.1) is 17.0 Å². The molecule has 3 rings (SSSR count). The predicted molar refractivity (Wildman–Crippen MR) is 109 cm³/mol. The van der Waals surface area contributed by atoms with Gasteiger partial charge in [0.05, 0.1) is 26.9 Å². The Kier molecular flexibility index (Phi) is 6.43. The van der Waals surface area contributed by atoms with Crippen molar-refractivity contribution in [2.75, 3.05) is 13.1 Å². The number of hydrogen-bond donors (Lipinski definition) is 1. The van der Waals surface area contributed by atoms with Crippen molar-refractivity contribution < 1.29 is 14.5 Å². The van der Waals surface area contributed by atoms with Gasteiger partial charge in [0.1, 0.15) is 0 Å². The monoisotopic (exact) mass is 403 g/mol. The summed E-state index contributed by atoms with van der Waals surface area (Å²) in [7, 11) is 0. The van der Waals surface area contributed by atoms with E-state index in [2.05, 4.69) is 36.2 Å². The zero-order chi connectivity index (χ0) is 20.3. The Bertz CT molecular complexity index is 840. The lowest BCUT2D eigenvalue weighted by Crippen LogP contribution is -2.44. The second-order valence-corrected chi connectivity index (χ2v) is 8.52. The van der Waals surface area contributed by atoms with Crippen LogP contribution in [0.4, 0.5) is 5.69 Å². The smallest absolute Gasteiger partial charge is 0.283 e. The molecule has 2 aromatic rings. The van der Waals surface area contributed by atoms with E-state index in [1.807, 2.05) is 12.1 Å². The van der Waals surface area contributed by atoms with Crippen LogP contribution < -0.4 is 5.32 Å². The van der Waals surface area contributed by atoms with Gasteiger partial charge in [-0.2, -0.15) is 0 Å². The van der Waals surface area contributed by atoms with E-state index in [1.165, 1.54) is 11.6 Å². The second-order valence-electron chi connectivity index (χ2n) is 7.26. The van der Waals surface area contributed by atoms with Crippen LogP contribution in [-0.2, 0) is 17.8 Å². The Hall–Kier alpha value is -2.29. The minimum absolute atomic E-state index is 0.00810. The molecule has 1 aromatic carbocycles. The van der Waals surface area contributed by atoms with E-state index in [-0.39, 0.29) is 23.8 Å². The number of nitrogens with zero attached hydrogens (tertiary/aromatic N) is 2. The molecule has 7 nitrogen and oxygen atoms in total. The Morgan fingerprint density at radius 1 is 1.25 bits per heavy atom. The number of carbonyl (C=O) groups excluding carboxylic acids is 1. The molecule has 0 unspecified atom stereocenters. The highest BCUT2D eigenvalue weighted by Gasteiger charge is 2.22. The predicted octanol–water partition coefficient (Wildman–Crippen LogP) is 3.50. The van der Waals surface area contributed by atoms with Gasteiger partial charge in [-0.05, 0) is 31.9 Å². The number of hydrogen-bond acceptors (Lipinski definition) is 6. The molecule has 1 amide bonds. The highest BCUT2D eigenvalue weighted by atomic mass is 32.1. The fourth-order valence-electron chi connectivity index (χ4n) is 3.47. The first kappa shape index (κ1) is 20.4. The maximum atomic E-state index is 12.3. The van der Waals surface area contributed by atoms with Gasteiger partial charge in [-0.15, -0.1) is 11.3 Å². The van der Waals surface area contributed by atoms with Crippen molar-refractivity contribution in [2.45, 2.75) is 46.1 Å². The minimum atomic E-state index is -0.461. The third-order valence-electron chi connectivity index (χ3n) is 4.69. The summed E-state index contributed by atoms with van der Waals surface area (Å²) < 4.78 is 5.77. The van der Waals surface area contributed by atoms with Crippen molar-refractivity contribution >= 4 is 22.9 Å². The average molecular weight is 404 g/mol. The largest absolute Gasteiger partial charge is 0.373 e. The van der Waals surface area contributed by atoms with Crippen molar-refractivity contribution in [1.29, 1.82) is 0 Å². The van der Waals surface area contributed by atoms with E-state index in [0.717, 1.165) is 36.5 Å². The van der Waals surface area contributed by atoms with Crippen LogP contribution in [0.25, 0.3) is 0 Å². The molecule has 0 aliphatic carbocycles. The van der Waals surface area contributed by atoms with Crippen molar-refractivity contribution in [3.05, 3.63) is 61.3 Å². The van der Waals surface area contributed by atoms with E-state index < -0.39 is 4.92 Å². The number of thiophene rings is 1. The normalized spacial score (nSPS) is 20.1. The Morgan fingerprint density at radius 3 is 2.43 bits per heavy atom. The summed E-state index contributed by atoms with van der Waals surface area (Å²) in [4.78, 5) is 26.0. The van der Waals surface area contributed by atoms with Gasteiger partial charge in [0.15, 0.2) is 0 Å². The lowest BCUT2D eigenvalue weighted by Gasteiger charge is -2.35. The van der Waals surface area contributed by atoms with Crippen LogP contribution in [0.2, 0.25) is 0 Å². The number of nitro groups is 1. The van der Waals surface area contributed by atoms with E-state index >= 15 is 0 Å². The minimum Gasteiger partial charge on any atom is -0.373 e. The number of carbonyl (C=O) groups is 1. The van der Waals surface area contributed by atoms with E-state index in [0.29, 0.717) is 16.3 Å². The van der Waals surface area contributed by atoms with Crippen molar-refractivity contribution in [2.24, 2.45) is 0 Å². The molecule has 1 fully saturated rings. The first-order valence-corrected chi connectivity index (χ1v) is 10.1. The van der Waals surface area contributed by atoms with Gasteiger partial charge < -0.3 is 10.1 Å². The molecule has 1 aliphatic heterocycles. The van der Waals surface area contributed by atoms with Gasteiger partial charge in [-0.25, -0.2) is 0 Å². The molecular weight excluding hydrogens is 378 g/mol. The first-order chi connectivity index (χ1) is 13.3. The van der Waals surface area contributed by atoms with E-state index in [4.69, 9.17) is 4.74 Å². The van der Waals surface area contributed by atoms with Gasteiger partial charge in [0.25, 0.3) is 11.6 Å². The first-order valence-electron chi connectivity index (χ1n) is 9.30. The van der Waals surface area contributed by atoms with Crippen LogP contribution in [0.5, 0.6) is 0 Å². The van der Waals surface area contributed by atoms with Gasteiger partial charge in [0.2, 0.25) is 0 Å². The lowest BCUT2D eigenvalue weighted by molar-refractivity contribution is -0.385. The summed E-state index contributed by atoms with van der Waals surface area (Å²) in [6.07, 6.45) is 0.491. The SMILES string of the molecule is Cc1sc(C(=O)NCc2ccc(CN3C[C@@H](C)O[C@@H](C)C3)cc2)cc1[N+](=O)[O-]. The summed E-state index contributed by atoms with van der Waals surface area (Å²) in [6, 6.07) is 9.50. The summed E-state index contributed by atoms with van der Waals surface area (Å²) in [5.41, 5.74) is 2.20. The summed E-state index contributed by atoms with van der Waals surface area (Å²) in [5.74, 6) is -0.290. The molecule has 8 heteroatoms. The number of rotatable bonds is 6. The molecule has 0 radical (unpaired) electrons. The Balaban J connectivity index is 1.53. The molecule has 2 heterocycles. The van der Waals surface area contributed by atoms with Crippen LogP contribution in [0.1, 0.15) is 39.5 Å². The number of benzene rings is 1. The third-order valence-corrected chi connectivity index (χ3v) is 5.73. The number of morpholine rings is 1. The van der Waals surface area contributed by atoms with Crippen molar-refractivity contribution in [3.8, 4) is 0 Å². The molecular formula is C20H25N3O4S. The molecule has 0 bridgehead atoms. The highest BCUT2D eigenvalue weighted by Crippen LogP contribution is 2.28. The zero-order valence-corrected chi connectivity index (χ0v) is 17.1. The molecule has 1 saturated heterocycles. The van der Waals surface area contributed by atoms with Crippen LogP contribution in [0.15, 0.2) is 30.3 Å². The highest BCUT2D eigenvalue weighted by molar-refractivity contribution is 7.14. The molecule has 1 N–H and O–H groups in total. The Labute approximate surface area is 168 Å². The number of ether oxygens (including phenoxy) is 1. The van der Waals surface area contributed by atoms with Crippen LogP contribution >= 0.6 is 11.3 Å². The van der Waals surface area contributed by atoms with Crippen molar-refractivity contribution in [1.82, 2.24) is 10.2 Å². The quantitative estimate of drug-likeness (QED) is 0.589. The molecule has 0 saturated carbocycles. The second kappa shape index (κ2) is 8.81. The Morgan fingerprint density at radius 2 is 1.86 bits per heavy atom. The third kappa shape index (κ3) is 5.15. The molecule has 1 aliphatic rings. The number of nitrogens with one attached hydrogen (secondary N) is 1. The molecule has 150 valence electrons. The van der Waals surface area contributed by atoms with Gasteiger partial charge >= 0.3 is 0 Å². The fraction of sp³-hybridized carbons (Fsp3) is 0.450. The molecule has 1 aromatic heterocycles. The van der Waals surface area contributed by atoms with Crippen LogP contribution in [-0.4, -0.2) is 41.0 Å². The lowest BCUT2D eigenvalue weighted by atomic mass is 10.1. The number of amides is 1. The van der Waals surface area contributed by atoms with Gasteiger partial charge in [-0.1, -0.05) is 24.3 Å². The van der Waals surface area contributed by atoms with E-state index in [1.54, 1.807) is 6.92 Å². The summed E-state index contributed by atoms with van der Waals surface area (Å²) in [5, 5.41) is 13.7. The van der Waals surface area contributed by atoms with Gasteiger partial charge in [-0.3, -0.25) is 19.8 Å². The topological polar surface area (TPSA) is 84.7 Å². The maximum absolute atomic E-state index is 12.3. The summed E-state index contributed by atoms with van der Waals surface area (Å²) >= 11 is 1.14. The van der Waals surface area contributed by atoms with Crippen molar-refractivity contribution in [3.63, 3.8) is 0 Å². The van der Waals surface area contributed by atoms with Gasteiger partial charge in [0, 0.05) is 32.2 Å². The summed E-state index contributed by atoms with van der Waals surface area (Å²) in [6.45, 7) is 8.95. The number of aryl methyl sites for hydroxylation is 1. The molecule has 28 heavy (non-hydrogen) atoms. The molecule has 0 spiro atoms. The molecule has 2 atom stereocenters. The van der Waals surface area contributed by atoms with Crippen LogP contribution in [0.3, 0.4) is 0 Å². The maximum Gasteiger partial charge on any atom is 0.283 e.